The number of hydrogen-bond acceptors (Lipinski definition) is 3. The van der Waals surface area contributed by atoms with Crippen LogP contribution in [0.3, 0.4) is 0 Å². The highest BCUT2D eigenvalue weighted by Crippen LogP contribution is 2.33. The molecule has 2 aromatic carbocycles. The maximum Gasteiger partial charge on any atom is 0.145 e. The van der Waals surface area contributed by atoms with Crippen LogP contribution in [0.15, 0.2) is 46.9 Å². The van der Waals surface area contributed by atoms with Gasteiger partial charge in [-0.05, 0) is 36.4 Å². The minimum absolute atomic E-state index is 0.500. The van der Waals surface area contributed by atoms with Crippen LogP contribution >= 0.6 is 27.5 Å². The topological polar surface area (TPSA) is 45.0 Å². The van der Waals surface area contributed by atoms with E-state index < -0.39 is 6.04 Å². The number of rotatable bonds is 4. The molecule has 0 bridgehead atoms. The Kier molecular flexibility index (Phi) is 4.89. The quantitative estimate of drug-likeness (QED) is 0.861. The van der Waals surface area contributed by atoms with Crippen molar-refractivity contribution in [1.29, 1.82) is 5.26 Å². The van der Waals surface area contributed by atoms with E-state index in [-0.39, 0.29) is 0 Å². The molecule has 20 heavy (non-hydrogen) atoms. The normalized spacial score (nSPS) is 11.5. The summed E-state index contributed by atoms with van der Waals surface area (Å²) in [6.07, 6.45) is 0. The van der Waals surface area contributed by atoms with Crippen molar-refractivity contribution in [1.82, 2.24) is 0 Å². The van der Waals surface area contributed by atoms with Gasteiger partial charge in [-0.1, -0.05) is 33.6 Å². The molecular weight excluding hydrogens is 340 g/mol. The molecule has 0 saturated carbocycles. The highest BCUT2D eigenvalue weighted by atomic mass is 79.9. The number of nitriles is 1. The first-order valence-corrected chi connectivity index (χ1v) is 7.07. The maximum absolute atomic E-state index is 9.40. The third-order valence-corrected chi connectivity index (χ3v) is 3.66. The SMILES string of the molecule is COc1cccc(Cl)c1C(C#N)Nc1ccc(Br)cc1. The summed E-state index contributed by atoms with van der Waals surface area (Å²) in [7, 11) is 1.56. The molecule has 0 aliphatic carbocycles. The third-order valence-electron chi connectivity index (χ3n) is 2.81. The molecule has 102 valence electrons. The zero-order valence-corrected chi connectivity index (χ0v) is 13.1. The van der Waals surface area contributed by atoms with Crippen molar-refractivity contribution in [2.45, 2.75) is 6.04 Å². The molecular formula is C15H12BrClN2O. The molecule has 0 heterocycles. The zero-order chi connectivity index (χ0) is 14.5. The molecule has 0 spiro atoms. The first kappa shape index (κ1) is 14.7. The Morgan fingerprint density at radius 2 is 1.95 bits per heavy atom. The lowest BCUT2D eigenvalue weighted by Gasteiger charge is -2.17. The van der Waals surface area contributed by atoms with Gasteiger partial charge in [0, 0.05) is 15.7 Å². The Balaban J connectivity index is 2.34. The van der Waals surface area contributed by atoms with Crippen molar-refractivity contribution >= 4 is 33.2 Å². The molecule has 3 nitrogen and oxygen atoms in total. The minimum Gasteiger partial charge on any atom is -0.496 e. The number of anilines is 1. The third kappa shape index (κ3) is 3.24. The number of nitrogens with zero attached hydrogens (tertiary/aromatic N) is 1. The van der Waals surface area contributed by atoms with Gasteiger partial charge in [0.2, 0.25) is 0 Å². The lowest BCUT2D eigenvalue weighted by molar-refractivity contribution is 0.409. The molecule has 1 unspecified atom stereocenters. The van der Waals surface area contributed by atoms with Gasteiger partial charge >= 0.3 is 0 Å². The van der Waals surface area contributed by atoms with E-state index in [1.54, 1.807) is 25.3 Å². The van der Waals surface area contributed by atoms with Gasteiger partial charge in [0.15, 0.2) is 0 Å². The Bertz CT molecular complexity index is 637. The molecule has 0 fully saturated rings. The van der Waals surface area contributed by atoms with Gasteiger partial charge in [-0.15, -0.1) is 0 Å². The van der Waals surface area contributed by atoms with E-state index in [1.165, 1.54) is 0 Å². The van der Waals surface area contributed by atoms with Crippen LogP contribution in [-0.4, -0.2) is 7.11 Å². The molecule has 1 atom stereocenters. The molecule has 0 aliphatic rings. The number of halogens is 2. The van der Waals surface area contributed by atoms with Crippen LogP contribution in [0, 0.1) is 11.3 Å². The van der Waals surface area contributed by atoms with Crippen LogP contribution in [0.4, 0.5) is 5.69 Å². The van der Waals surface area contributed by atoms with Crippen LogP contribution in [-0.2, 0) is 0 Å². The van der Waals surface area contributed by atoms with Crippen LogP contribution < -0.4 is 10.1 Å². The molecule has 2 aromatic rings. The van der Waals surface area contributed by atoms with Gasteiger partial charge in [0.25, 0.3) is 0 Å². The van der Waals surface area contributed by atoms with E-state index in [0.717, 1.165) is 10.2 Å². The van der Waals surface area contributed by atoms with Crippen LogP contribution in [0.2, 0.25) is 5.02 Å². The molecule has 2 rings (SSSR count). The van der Waals surface area contributed by atoms with Crippen molar-refractivity contribution in [2.75, 3.05) is 12.4 Å². The second kappa shape index (κ2) is 6.65. The van der Waals surface area contributed by atoms with Gasteiger partial charge in [-0.3, -0.25) is 0 Å². The van der Waals surface area contributed by atoms with Gasteiger partial charge in [0.05, 0.1) is 18.2 Å². The van der Waals surface area contributed by atoms with E-state index in [0.29, 0.717) is 16.3 Å². The Morgan fingerprint density at radius 1 is 1.25 bits per heavy atom. The highest BCUT2D eigenvalue weighted by Gasteiger charge is 2.19. The van der Waals surface area contributed by atoms with Crippen molar-refractivity contribution in [3.63, 3.8) is 0 Å². The van der Waals surface area contributed by atoms with Crippen LogP contribution in [0.5, 0.6) is 5.75 Å². The summed E-state index contributed by atoms with van der Waals surface area (Å²) in [5.74, 6) is 0.591. The van der Waals surface area contributed by atoms with Gasteiger partial charge in [-0.2, -0.15) is 5.26 Å². The average molecular weight is 352 g/mol. The fraction of sp³-hybridized carbons (Fsp3) is 0.133. The summed E-state index contributed by atoms with van der Waals surface area (Å²) < 4.78 is 6.26. The lowest BCUT2D eigenvalue weighted by Crippen LogP contribution is -2.10. The monoisotopic (exact) mass is 350 g/mol. The van der Waals surface area contributed by atoms with E-state index in [9.17, 15) is 5.26 Å². The van der Waals surface area contributed by atoms with Gasteiger partial charge in [0.1, 0.15) is 11.8 Å². The molecule has 0 radical (unpaired) electrons. The van der Waals surface area contributed by atoms with E-state index in [2.05, 4.69) is 27.3 Å². The van der Waals surface area contributed by atoms with E-state index in [4.69, 9.17) is 16.3 Å². The van der Waals surface area contributed by atoms with E-state index in [1.807, 2.05) is 24.3 Å². The van der Waals surface area contributed by atoms with Crippen LogP contribution in [0.1, 0.15) is 11.6 Å². The van der Waals surface area contributed by atoms with E-state index >= 15 is 0 Å². The second-order valence-corrected chi connectivity index (χ2v) is 5.39. The minimum atomic E-state index is -0.583. The fourth-order valence-electron chi connectivity index (χ4n) is 1.86. The summed E-state index contributed by atoms with van der Waals surface area (Å²) in [6, 6.07) is 14.5. The predicted molar refractivity (Wildman–Crippen MR) is 84.1 cm³/mol. The molecule has 1 N–H and O–H groups in total. The van der Waals surface area contributed by atoms with Crippen molar-refractivity contribution in [3.8, 4) is 11.8 Å². The molecule has 0 aliphatic heterocycles. The fourth-order valence-corrected chi connectivity index (χ4v) is 2.40. The first-order chi connectivity index (χ1) is 9.65. The standard InChI is InChI=1S/C15H12BrClN2O/c1-20-14-4-2-3-12(17)15(14)13(9-18)19-11-7-5-10(16)6-8-11/h2-8,13,19H,1H3. The van der Waals surface area contributed by atoms with Gasteiger partial charge in [-0.25, -0.2) is 0 Å². The Hall–Kier alpha value is -1.70. The van der Waals surface area contributed by atoms with Gasteiger partial charge < -0.3 is 10.1 Å². The number of ether oxygens (including phenoxy) is 1. The van der Waals surface area contributed by atoms with Crippen molar-refractivity contribution in [2.24, 2.45) is 0 Å². The Morgan fingerprint density at radius 3 is 2.55 bits per heavy atom. The first-order valence-electron chi connectivity index (χ1n) is 5.90. The summed E-state index contributed by atoms with van der Waals surface area (Å²) in [5, 5.41) is 13.0. The summed E-state index contributed by atoms with van der Waals surface area (Å²) in [5.41, 5.74) is 1.48. The average Bonchev–Trinajstić information content (AvgIpc) is 2.47. The summed E-state index contributed by atoms with van der Waals surface area (Å²) in [4.78, 5) is 0. The smallest absolute Gasteiger partial charge is 0.145 e. The molecule has 5 heteroatoms. The highest BCUT2D eigenvalue weighted by molar-refractivity contribution is 9.10. The zero-order valence-electron chi connectivity index (χ0n) is 10.7. The molecule has 0 saturated heterocycles. The van der Waals surface area contributed by atoms with Crippen molar-refractivity contribution < 1.29 is 4.74 Å². The number of hydrogen-bond donors (Lipinski definition) is 1. The predicted octanol–water partition coefficient (Wildman–Crippen LogP) is 4.79. The summed E-state index contributed by atoms with van der Waals surface area (Å²) in [6.45, 7) is 0. The Labute approximate surface area is 131 Å². The largest absolute Gasteiger partial charge is 0.496 e. The number of nitrogens with one attached hydrogen (secondary N) is 1. The molecule has 0 aromatic heterocycles. The number of methoxy groups -OCH3 is 1. The maximum atomic E-state index is 9.40. The van der Waals surface area contributed by atoms with Crippen molar-refractivity contribution in [3.05, 3.63) is 57.5 Å². The van der Waals surface area contributed by atoms with Crippen LogP contribution in [0.25, 0.3) is 0 Å². The summed E-state index contributed by atoms with van der Waals surface area (Å²) >= 11 is 9.57. The second-order valence-electron chi connectivity index (χ2n) is 4.07. The number of benzene rings is 2. The molecule has 0 amide bonds. The lowest BCUT2D eigenvalue weighted by atomic mass is 10.1.